The minimum absolute atomic E-state index is 0.349. The number of hydrogen-bond donors (Lipinski definition) is 0. The summed E-state index contributed by atoms with van der Waals surface area (Å²) in [6, 6.07) is 9.77. The van der Waals surface area contributed by atoms with Crippen molar-refractivity contribution in [2.24, 2.45) is 0 Å². The lowest BCUT2D eigenvalue weighted by Crippen LogP contribution is -1.94. The highest BCUT2D eigenvalue weighted by Gasteiger charge is 2.07. The number of hydrogen-bond acceptors (Lipinski definition) is 2. The smallest absolute Gasteiger partial charge is 0.124 e. The van der Waals surface area contributed by atoms with Crippen LogP contribution in [0, 0.1) is 5.82 Å². The summed E-state index contributed by atoms with van der Waals surface area (Å²) in [5, 5.41) is 0. The molecule has 0 aliphatic heterocycles. The van der Waals surface area contributed by atoms with Crippen molar-refractivity contribution in [3.63, 3.8) is 0 Å². The van der Waals surface area contributed by atoms with Crippen molar-refractivity contribution in [3.05, 3.63) is 50.9 Å². The Balaban J connectivity index is 2.14. The summed E-state index contributed by atoms with van der Waals surface area (Å²) in [7, 11) is -1.18. The molecule has 0 aliphatic rings. The molecule has 0 fully saturated rings. The molecule has 1 heterocycles. The second-order valence-corrected chi connectivity index (χ2v) is 7.15. The Morgan fingerprint density at radius 3 is 2.75 bits per heavy atom. The van der Waals surface area contributed by atoms with Crippen LogP contribution >= 0.6 is 27.3 Å². The van der Waals surface area contributed by atoms with Gasteiger partial charge in [0.1, 0.15) is 5.82 Å². The molecule has 16 heavy (non-hydrogen) atoms. The monoisotopic (exact) mass is 318 g/mol. The van der Waals surface area contributed by atoms with E-state index < -0.39 is 10.8 Å². The first-order valence-electron chi connectivity index (χ1n) is 4.53. The fourth-order valence-electron chi connectivity index (χ4n) is 1.25. The summed E-state index contributed by atoms with van der Waals surface area (Å²) in [4.78, 5) is 1.55. The SMILES string of the molecule is O=S(Cc1ccc(Br)s1)c1cccc(F)c1. The Bertz CT molecular complexity index is 524. The van der Waals surface area contributed by atoms with E-state index in [-0.39, 0.29) is 5.82 Å². The fraction of sp³-hybridized carbons (Fsp3) is 0.0909. The molecule has 84 valence electrons. The number of rotatable bonds is 3. The molecule has 2 aromatic rings. The molecule has 0 amide bonds. The predicted molar refractivity (Wildman–Crippen MR) is 68.5 cm³/mol. The van der Waals surface area contributed by atoms with Gasteiger partial charge in [0.25, 0.3) is 0 Å². The van der Waals surface area contributed by atoms with Crippen LogP contribution in [-0.4, -0.2) is 4.21 Å². The van der Waals surface area contributed by atoms with Crippen LogP contribution in [0.25, 0.3) is 0 Å². The van der Waals surface area contributed by atoms with Gasteiger partial charge < -0.3 is 0 Å². The van der Waals surface area contributed by atoms with Crippen molar-refractivity contribution in [2.45, 2.75) is 10.6 Å². The zero-order chi connectivity index (χ0) is 11.5. The zero-order valence-electron chi connectivity index (χ0n) is 8.15. The van der Waals surface area contributed by atoms with E-state index in [4.69, 9.17) is 0 Å². The number of thiophene rings is 1. The Kier molecular flexibility index (Phi) is 3.89. The molecule has 0 aliphatic carbocycles. The Morgan fingerprint density at radius 1 is 1.31 bits per heavy atom. The zero-order valence-corrected chi connectivity index (χ0v) is 11.4. The first-order valence-corrected chi connectivity index (χ1v) is 7.46. The topological polar surface area (TPSA) is 17.1 Å². The third kappa shape index (κ3) is 2.99. The van der Waals surface area contributed by atoms with Gasteiger partial charge in [0, 0.05) is 9.77 Å². The van der Waals surface area contributed by atoms with E-state index in [1.807, 2.05) is 12.1 Å². The van der Waals surface area contributed by atoms with E-state index >= 15 is 0 Å². The van der Waals surface area contributed by atoms with Gasteiger partial charge in [-0.1, -0.05) is 6.07 Å². The maximum Gasteiger partial charge on any atom is 0.124 e. The average Bonchev–Trinajstić information content (AvgIpc) is 2.64. The third-order valence-electron chi connectivity index (χ3n) is 1.96. The molecule has 5 heteroatoms. The summed E-state index contributed by atoms with van der Waals surface area (Å²) in [6.45, 7) is 0. The molecule has 0 N–H and O–H groups in total. The van der Waals surface area contributed by atoms with Gasteiger partial charge in [-0.3, -0.25) is 4.21 Å². The van der Waals surface area contributed by atoms with Crippen LogP contribution in [0.4, 0.5) is 4.39 Å². The summed E-state index contributed by atoms with van der Waals surface area (Å²) in [6.07, 6.45) is 0. The molecule has 1 aromatic carbocycles. The van der Waals surface area contributed by atoms with Crippen LogP contribution in [0.15, 0.2) is 45.1 Å². The van der Waals surface area contributed by atoms with Crippen molar-refractivity contribution in [3.8, 4) is 0 Å². The molecule has 2 rings (SSSR count). The van der Waals surface area contributed by atoms with Crippen LogP contribution < -0.4 is 0 Å². The van der Waals surface area contributed by atoms with Crippen molar-refractivity contribution in [2.75, 3.05) is 0 Å². The lowest BCUT2D eigenvalue weighted by molar-refractivity contribution is 0.622. The largest absolute Gasteiger partial charge is 0.254 e. The summed E-state index contributed by atoms with van der Waals surface area (Å²) in [5.41, 5.74) is 0. The van der Waals surface area contributed by atoms with Crippen molar-refractivity contribution in [1.29, 1.82) is 0 Å². The highest BCUT2D eigenvalue weighted by Crippen LogP contribution is 2.24. The van der Waals surface area contributed by atoms with Crippen LogP contribution in [0.2, 0.25) is 0 Å². The lowest BCUT2D eigenvalue weighted by Gasteiger charge is -2.00. The summed E-state index contributed by atoms with van der Waals surface area (Å²) < 4.78 is 25.9. The second-order valence-electron chi connectivity index (χ2n) is 3.15. The van der Waals surface area contributed by atoms with Crippen molar-refractivity contribution >= 4 is 38.1 Å². The number of benzene rings is 1. The lowest BCUT2D eigenvalue weighted by atomic mass is 10.4. The maximum atomic E-state index is 12.9. The number of halogens is 2. The molecule has 0 saturated carbocycles. The van der Waals surface area contributed by atoms with Crippen LogP contribution in [0.1, 0.15) is 4.88 Å². The molecular weight excluding hydrogens is 311 g/mol. The van der Waals surface area contributed by atoms with Crippen LogP contribution in [0.5, 0.6) is 0 Å². The van der Waals surface area contributed by atoms with E-state index in [0.29, 0.717) is 10.6 Å². The molecule has 0 radical (unpaired) electrons. The van der Waals surface area contributed by atoms with Crippen LogP contribution in [-0.2, 0) is 16.6 Å². The first-order chi connectivity index (χ1) is 7.65. The molecule has 1 atom stereocenters. The van der Waals surface area contributed by atoms with Gasteiger partial charge in [0.15, 0.2) is 0 Å². The molecule has 0 saturated heterocycles. The predicted octanol–water partition coefficient (Wildman–Crippen LogP) is 3.96. The first kappa shape index (κ1) is 12.0. The second kappa shape index (κ2) is 5.21. The molecule has 0 spiro atoms. The normalized spacial score (nSPS) is 12.6. The van der Waals surface area contributed by atoms with Crippen molar-refractivity contribution < 1.29 is 8.60 Å². The summed E-state index contributed by atoms with van der Waals surface area (Å²) >= 11 is 4.89. The molecular formula is C11H8BrFOS2. The Morgan fingerprint density at radius 2 is 2.12 bits per heavy atom. The van der Waals surface area contributed by atoms with E-state index in [2.05, 4.69) is 15.9 Å². The van der Waals surface area contributed by atoms with Gasteiger partial charge in [-0.15, -0.1) is 11.3 Å². The minimum Gasteiger partial charge on any atom is -0.254 e. The van der Waals surface area contributed by atoms with E-state index in [9.17, 15) is 8.60 Å². The van der Waals surface area contributed by atoms with Gasteiger partial charge in [0.05, 0.1) is 20.3 Å². The molecule has 1 nitrogen and oxygen atoms in total. The maximum absolute atomic E-state index is 12.9. The molecule has 0 bridgehead atoms. The third-order valence-corrected chi connectivity index (χ3v) is 5.12. The molecule has 1 unspecified atom stereocenters. The van der Waals surface area contributed by atoms with Gasteiger partial charge in [-0.2, -0.15) is 0 Å². The van der Waals surface area contributed by atoms with E-state index in [0.717, 1.165) is 8.66 Å². The minimum atomic E-state index is -1.18. The van der Waals surface area contributed by atoms with E-state index in [1.165, 1.54) is 12.1 Å². The fourth-order valence-corrected chi connectivity index (χ4v) is 4.08. The summed E-state index contributed by atoms with van der Waals surface area (Å²) in [5.74, 6) is 0.0814. The van der Waals surface area contributed by atoms with Gasteiger partial charge >= 0.3 is 0 Å². The van der Waals surface area contributed by atoms with Gasteiger partial charge in [0.2, 0.25) is 0 Å². The van der Waals surface area contributed by atoms with Gasteiger partial charge in [-0.05, 0) is 46.3 Å². The van der Waals surface area contributed by atoms with E-state index in [1.54, 1.807) is 23.5 Å². The quantitative estimate of drug-likeness (QED) is 0.837. The Labute approximate surface area is 108 Å². The highest BCUT2D eigenvalue weighted by atomic mass is 79.9. The van der Waals surface area contributed by atoms with Crippen LogP contribution in [0.3, 0.4) is 0 Å². The standard InChI is InChI=1S/C11H8BrFOS2/c12-11-5-4-9(15-11)7-16(14)10-3-1-2-8(13)6-10/h1-6H,7H2. The molecule has 1 aromatic heterocycles. The van der Waals surface area contributed by atoms with Crippen molar-refractivity contribution in [1.82, 2.24) is 0 Å². The Hall–Kier alpha value is -0.520. The van der Waals surface area contributed by atoms with Gasteiger partial charge in [-0.25, -0.2) is 4.39 Å². The highest BCUT2D eigenvalue weighted by molar-refractivity contribution is 9.11. The average molecular weight is 319 g/mol.